The quantitative estimate of drug-likeness (QED) is 0.381. The van der Waals surface area contributed by atoms with Crippen LogP contribution in [0.2, 0.25) is 0 Å². The Morgan fingerprint density at radius 3 is 2.59 bits per heavy atom. The molecule has 0 radical (unpaired) electrons. The number of esters is 1. The van der Waals surface area contributed by atoms with E-state index in [0.717, 1.165) is 21.5 Å². The number of Topliss-reactive ketones (excluding diaryl/α,β-unsaturated/α-hetero) is 1. The Bertz CT molecular complexity index is 1160. The van der Waals surface area contributed by atoms with E-state index in [-0.39, 0.29) is 11.3 Å². The number of ether oxygens (including phenoxy) is 1. The van der Waals surface area contributed by atoms with Gasteiger partial charge in [-0.15, -0.1) is 11.3 Å². The molecule has 0 saturated heterocycles. The van der Waals surface area contributed by atoms with Crippen LogP contribution in [0.1, 0.15) is 33.4 Å². The first-order chi connectivity index (χ1) is 13.8. The zero-order valence-electron chi connectivity index (χ0n) is 16.4. The molecule has 2 heterocycles. The highest BCUT2D eigenvalue weighted by Gasteiger charge is 2.20. The molecule has 0 aliphatic rings. The maximum atomic E-state index is 12.4. The lowest BCUT2D eigenvalue weighted by atomic mass is 10.1. The third kappa shape index (κ3) is 4.36. The van der Waals surface area contributed by atoms with Gasteiger partial charge in [-0.3, -0.25) is 9.48 Å². The maximum absolute atomic E-state index is 12.4. The number of ketones is 1. The van der Waals surface area contributed by atoms with Gasteiger partial charge < -0.3 is 10.5 Å². The minimum Gasteiger partial charge on any atom is -0.453 e. The predicted octanol–water partition coefficient (Wildman–Crippen LogP) is 3.25. The summed E-state index contributed by atoms with van der Waals surface area (Å²) in [5, 5.41) is 14.4. The lowest BCUT2D eigenvalue weighted by Crippen LogP contribution is -2.17. The number of allylic oxidation sites excluding steroid dienone is 1. The smallest absolute Gasteiger partial charge is 0.348 e. The fourth-order valence-electron chi connectivity index (χ4n) is 2.83. The van der Waals surface area contributed by atoms with Crippen molar-refractivity contribution in [2.24, 2.45) is 5.73 Å². The number of aromatic nitrogens is 2. The van der Waals surface area contributed by atoms with Crippen LogP contribution in [0.5, 0.6) is 0 Å². The van der Waals surface area contributed by atoms with E-state index >= 15 is 0 Å². The summed E-state index contributed by atoms with van der Waals surface area (Å²) in [6, 6.07) is 11.6. The summed E-state index contributed by atoms with van der Waals surface area (Å²) in [5.74, 6) is -1.24. The maximum Gasteiger partial charge on any atom is 0.348 e. The summed E-state index contributed by atoms with van der Waals surface area (Å²) < 4.78 is 6.94. The van der Waals surface area contributed by atoms with Crippen LogP contribution >= 0.6 is 11.3 Å². The third-order valence-electron chi connectivity index (χ3n) is 4.38. The molecule has 8 heteroatoms. The second kappa shape index (κ2) is 8.29. The Balaban J connectivity index is 1.78. The number of aryl methyl sites for hydroxylation is 2. The van der Waals surface area contributed by atoms with Gasteiger partial charge in [-0.05, 0) is 32.4 Å². The van der Waals surface area contributed by atoms with Crippen molar-refractivity contribution < 1.29 is 14.3 Å². The van der Waals surface area contributed by atoms with Gasteiger partial charge in [0.05, 0.1) is 12.2 Å². The Morgan fingerprint density at radius 2 is 1.97 bits per heavy atom. The average molecular weight is 408 g/mol. The van der Waals surface area contributed by atoms with Crippen LogP contribution in [0.4, 0.5) is 0 Å². The van der Waals surface area contributed by atoms with Crippen LogP contribution in [0.25, 0.3) is 10.2 Å². The molecule has 2 N–H and O–H groups in total. The first kappa shape index (κ1) is 20.3. The van der Waals surface area contributed by atoms with Crippen molar-refractivity contribution in [3.05, 3.63) is 63.3 Å². The Labute approximate surface area is 172 Å². The standard InChI is InChI=1S/C21H20N4O3S/c1-12-4-6-15(7-5-12)10-25-20-16(14(3)24-25)8-19(29-20)21(27)28-11-18(26)17(9-22)13(2)23/h4-8H,10-11,23H2,1-3H3. The van der Waals surface area contributed by atoms with E-state index in [2.05, 4.69) is 5.10 Å². The Morgan fingerprint density at radius 1 is 1.28 bits per heavy atom. The number of hydrogen-bond acceptors (Lipinski definition) is 7. The van der Waals surface area contributed by atoms with E-state index in [4.69, 9.17) is 15.7 Å². The number of benzene rings is 1. The number of rotatable bonds is 6. The van der Waals surface area contributed by atoms with Gasteiger partial charge in [-0.1, -0.05) is 29.8 Å². The van der Waals surface area contributed by atoms with Gasteiger partial charge >= 0.3 is 5.97 Å². The summed E-state index contributed by atoms with van der Waals surface area (Å²) in [5.41, 5.74) is 8.50. The van der Waals surface area contributed by atoms with Gasteiger partial charge in [-0.25, -0.2) is 4.79 Å². The van der Waals surface area contributed by atoms with E-state index in [1.54, 1.807) is 12.1 Å². The molecule has 3 aromatic rings. The van der Waals surface area contributed by atoms with Crippen LogP contribution < -0.4 is 5.73 Å². The molecular formula is C21H20N4O3S. The van der Waals surface area contributed by atoms with Crippen molar-refractivity contribution in [3.8, 4) is 6.07 Å². The third-order valence-corrected chi connectivity index (χ3v) is 5.51. The van der Waals surface area contributed by atoms with Crippen LogP contribution in [-0.4, -0.2) is 28.1 Å². The molecule has 0 bridgehead atoms. The Kier molecular flexibility index (Phi) is 5.80. The topological polar surface area (TPSA) is 111 Å². The molecule has 7 nitrogen and oxygen atoms in total. The normalized spacial score (nSPS) is 11.8. The first-order valence-corrected chi connectivity index (χ1v) is 9.71. The fraction of sp³-hybridized carbons (Fsp3) is 0.238. The molecule has 29 heavy (non-hydrogen) atoms. The summed E-state index contributed by atoms with van der Waals surface area (Å²) >= 11 is 1.26. The van der Waals surface area contributed by atoms with Crippen molar-refractivity contribution in [3.63, 3.8) is 0 Å². The van der Waals surface area contributed by atoms with Gasteiger partial charge in [0, 0.05) is 11.1 Å². The number of fused-ring (bicyclic) bond motifs is 1. The number of hydrogen-bond donors (Lipinski definition) is 1. The lowest BCUT2D eigenvalue weighted by molar-refractivity contribution is -0.118. The number of thiophene rings is 1. The minimum absolute atomic E-state index is 0.0993. The molecule has 0 aliphatic heterocycles. The number of nitriles is 1. The van der Waals surface area contributed by atoms with E-state index in [1.807, 2.05) is 42.8 Å². The molecule has 3 rings (SSSR count). The number of nitrogens with zero attached hydrogens (tertiary/aromatic N) is 3. The van der Waals surface area contributed by atoms with E-state index in [9.17, 15) is 9.59 Å². The lowest BCUT2D eigenvalue weighted by Gasteiger charge is -2.04. The fourth-order valence-corrected chi connectivity index (χ4v) is 3.89. The van der Waals surface area contributed by atoms with Crippen molar-refractivity contribution in [1.82, 2.24) is 9.78 Å². The molecule has 148 valence electrons. The van der Waals surface area contributed by atoms with Gasteiger partial charge in [0.25, 0.3) is 0 Å². The Hall–Kier alpha value is -3.44. The molecule has 1 aromatic carbocycles. The molecular weight excluding hydrogens is 388 g/mol. The SMILES string of the molecule is CC(N)=C(C#N)C(=O)COC(=O)c1cc2c(C)nn(Cc3ccc(C)cc3)c2s1. The number of carbonyl (C=O) groups excluding carboxylic acids is 2. The van der Waals surface area contributed by atoms with E-state index in [1.165, 1.54) is 23.8 Å². The molecule has 0 atom stereocenters. The van der Waals surface area contributed by atoms with Gasteiger partial charge in [0.1, 0.15) is 21.3 Å². The highest BCUT2D eigenvalue weighted by molar-refractivity contribution is 7.20. The summed E-state index contributed by atoms with van der Waals surface area (Å²) in [6.07, 6.45) is 0. The largest absolute Gasteiger partial charge is 0.453 e. The summed E-state index contributed by atoms with van der Waals surface area (Å²) in [4.78, 5) is 25.6. The first-order valence-electron chi connectivity index (χ1n) is 8.89. The summed E-state index contributed by atoms with van der Waals surface area (Å²) in [7, 11) is 0. The average Bonchev–Trinajstić information content (AvgIpc) is 3.23. The van der Waals surface area contributed by atoms with E-state index < -0.39 is 18.4 Å². The second-order valence-corrected chi connectivity index (χ2v) is 7.76. The highest BCUT2D eigenvalue weighted by Crippen LogP contribution is 2.29. The molecule has 0 fully saturated rings. The molecule has 0 unspecified atom stereocenters. The molecule has 0 saturated carbocycles. The van der Waals surface area contributed by atoms with Crippen LogP contribution in [-0.2, 0) is 16.1 Å². The van der Waals surface area contributed by atoms with Crippen molar-refractivity contribution in [2.75, 3.05) is 6.61 Å². The zero-order valence-corrected chi connectivity index (χ0v) is 17.2. The van der Waals surface area contributed by atoms with E-state index in [0.29, 0.717) is 11.4 Å². The molecule has 0 amide bonds. The monoisotopic (exact) mass is 408 g/mol. The van der Waals surface area contributed by atoms with Gasteiger partial charge in [0.15, 0.2) is 6.61 Å². The molecule has 2 aromatic heterocycles. The van der Waals surface area contributed by atoms with Crippen LogP contribution in [0.15, 0.2) is 41.6 Å². The minimum atomic E-state index is -0.622. The summed E-state index contributed by atoms with van der Waals surface area (Å²) in [6.45, 7) is 5.43. The zero-order chi connectivity index (χ0) is 21.1. The highest BCUT2D eigenvalue weighted by atomic mass is 32.1. The van der Waals surface area contributed by atoms with Gasteiger partial charge in [0.2, 0.25) is 5.78 Å². The predicted molar refractivity (Wildman–Crippen MR) is 110 cm³/mol. The second-order valence-electron chi connectivity index (χ2n) is 6.73. The van der Waals surface area contributed by atoms with Crippen molar-refractivity contribution >= 4 is 33.3 Å². The molecule has 0 spiro atoms. The van der Waals surface area contributed by atoms with Crippen molar-refractivity contribution in [2.45, 2.75) is 27.3 Å². The van der Waals surface area contributed by atoms with Gasteiger partial charge in [-0.2, -0.15) is 10.4 Å². The van der Waals surface area contributed by atoms with Crippen LogP contribution in [0, 0.1) is 25.2 Å². The van der Waals surface area contributed by atoms with Crippen LogP contribution in [0.3, 0.4) is 0 Å². The number of nitrogens with two attached hydrogens (primary N) is 1. The van der Waals surface area contributed by atoms with Crippen molar-refractivity contribution in [1.29, 1.82) is 5.26 Å². The number of carbonyl (C=O) groups is 2. The molecule has 0 aliphatic carbocycles.